The van der Waals surface area contributed by atoms with E-state index in [1.807, 2.05) is 0 Å². The van der Waals surface area contributed by atoms with E-state index in [2.05, 4.69) is 17.2 Å². The van der Waals surface area contributed by atoms with E-state index in [4.69, 9.17) is 0 Å². The number of aromatic amines is 1. The summed E-state index contributed by atoms with van der Waals surface area (Å²) in [6.07, 6.45) is 6.91. The molecule has 2 N–H and O–H groups in total. The molecule has 1 aromatic heterocycles. The van der Waals surface area contributed by atoms with E-state index in [0.717, 1.165) is 11.8 Å². The molecule has 22 heavy (non-hydrogen) atoms. The average Bonchev–Trinajstić information content (AvgIpc) is 3.09. The second-order valence-electron chi connectivity index (χ2n) is 6.75. The predicted octanol–water partition coefficient (Wildman–Crippen LogP) is 0.868. The Balaban J connectivity index is 1.50. The molecule has 4 atom stereocenters. The van der Waals surface area contributed by atoms with Crippen molar-refractivity contribution in [2.24, 2.45) is 17.8 Å². The van der Waals surface area contributed by atoms with E-state index in [0.29, 0.717) is 5.92 Å². The minimum atomic E-state index is -0.471. The van der Waals surface area contributed by atoms with Crippen molar-refractivity contribution >= 4 is 5.91 Å². The molecule has 1 aromatic rings. The minimum absolute atomic E-state index is 0.0339. The van der Waals surface area contributed by atoms with Crippen molar-refractivity contribution in [3.8, 4) is 0 Å². The van der Waals surface area contributed by atoms with Gasteiger partial charge in [-0.3, -0.25) is 14.6 Å². The van der Waals surface area contributed by atoms with Crippen LogP contribution in [0.1, 0.15) is 39.0 Å². The summed E-state index contributed by atoms with van der Waals surface area (Å²) in [5, 5.41) is 3.08. The summed E-state index contributed by atoms with van der Waals surface area (Å²) in [6.45, 7) is 2.38. The van der Waals surface area contributed by atoms with Crippen molar-refractivity contribution in [2.75, 3.05) is 0 Å². The topological polar surface area (TPSA) is 84.0 Å². The Kier molecular flexibility index (Phi) is 4.18. The first-order valence-corrected chi connectivity index (χ1v) is 8.12. The van der Waals surface area contributed by atoms with Crippen molar-refractivity contribution in [1.82, 2.24) is 14.9 Å². The number of carbonyl (C=O) groups is 1. The maximum absolute atomic E-state index is 12.1. The van der Waals surface area contributed by atoms with Crippen molar-refractivity contribution in [3.63, 3.8) is 0 Å². The zero-order valence-electron chi connectivity index (χ0n) is 12.9. The minimum Gasteiger partial charge on any atom is -0.353 e. The van der Waals surface area contributed by atoms with Gasteiger partial charge in [0.25, 0.3) is 5.56 Å². The Labute approximate surface area is 128 Å². The molecule has 2 bridgehead atoms. The Bertz CT molecular complexity index is 663. The first-order chi connectivity index (χ1) is 10.5. The molecular weight excluding hydrogens is 282 g/mol. The molecule has 0 aliphatic heterocycles. The van der Waals surface area contributed by atoms with Gasteiger partial charge in [0.15, 0.2) is 0 Å². The summed E-state index contributed by atoms with van der Waals surface area (Å²) in [5.74, 6) is 2.23. The normalized spacial score (nSPS) is 27.8. The van der Waals surface area contributed by atoms with Crippen molar-refractivity contribution in [2.45, 2.75) is 51.6 Å². The molecule has 2 aliphatic carbocycles. The highest BCUT2D eigenvalue weighted by atomic mass is 16.2. The van der Waals surface area contributed by atoms with Gasteiger partial charge in [-0.15, -0.1) is 0 Å². The number of nitrogens with zero attached hydrogens (tertiary/aromatic N) is 1. The third kappa shape index (κ3) is 3.15. The van der Waals surface area contributed by atoms with Crippen molar-refractivity contribution < 1.29 is 4.79 Å². The molecule has 120 valence electrons. The van der Waals surface area contributed by atoms with E-state index in [9.17, 15) is 14.4 Å². The molecule has 0 spiro atoms. The number of rotatable bonds is 5. The molecule has 4 unspecified atom stereocenters. The Hall–Kier alpha value is -1.85. The number of aryl methyl sites for hydroxylation is 1. The molecule has 2 fully saturated rings. The largest absolute Gasteiger partial charge is 0.353 e. The monoisotopic (exact) mass is 305 g/mol. The summed E-state index contributed by atoms with van der Waals surface area (Å²) >= 11 is 0. The summed E-state index contributed by atoms with van der Waals surface area (Å²) in [7, 11) is 0. The van der Waals surface area contributed by atoms with Gasteiger partial charge in [0.05, 0.1) is 0 Å². The Morgan fingerprint density at radius 2 is 2.23 bits per heavy atom. The quantitative estimate of drug-likeness (QED) is 0.846. The molecule has 6 nitrogen and oxygen atoms in total. The van der Waals surface area contributed by atoms with Crippen LogP contribution in [0.4, 0.5) is 0 Å². The Morgan fingerprint density at radius 1 is 1.41 bits per heavy atom. The lowest BCUT2D eigenvalue weighted by atomic mass is 9.84. The summed E-state index contributed by atoms with van der Waals surface area (Å²) in [4.78, 5) is 36.8. The second kappa shape index (κ2) is 6.10. The van der Waals surface area contributed by atoms with Crippen LogP contribution >= 0.6 is 0 Å². The van der Waals surface area contributed by atoms with Crippen molar-refractivity contribution in [1.29, 1.82) is 0 Å². The lowest BCUT2D eigenvalue weighted by Crippen LogP contribution is -2.40. The van der Waals surface area contributed by atoms with Crippen LogP contribution in [-0.2, 0) is 11.3 Å². The fourth-order valence-corrected chi connectivity index (χ4v) is 4.18. The van der Waals surface area contributed by atoms with Crippen LogP contribution in [0.5, 0.6) is 0 Å². The van der Waals surface area contributed by atoms with Crippen LogP contribution in [0, 0.1) is 17.8 Å². The maximum atomic E-state index is 12.1. The maximum Gasteiger partial charge on any atom is 0.328 e. The third-order valence-corrected chi connectivity index (χ3v) is 5.30. The summed E-state index contributed by atoms with van der Waals surface area (Å²) in [5.41, 5.74) is -0.892. The SMILES string of the molecule is CC(NC(=O)CCn1ccc(=O)[nH]c1=O)C1CC2CCC1C2. The number of H-pyrrole nitrogens is 1. The van der Waals surface area contributed by atoms with Gasteiger partial charge in [0, 0.05) is 31.3 Å². The zero-order chi connectivity index (χ0) is 15.7. The highest BCUT2D eigenvalue weighted by molar-refractivity contribution is 5.76. The molecule has 2 aliphatic rings. The lowest BCUT2D eigenvalue weighted by Gasteiger charge is -2.28. The lowest BCUT2D eigenvalue weighted by molar-refractivity contribution is -0.122. The second-order valence-corrected chi connectivity index (χ2v) is 6.75. The average molecular weight is 305 g/mol. The number of hydrogen-bond donors (Lipinski definition) is 2. The smallest absolute Gasteiger partial charge is 0.328 e. The van der Waals surface area contributed by atoms with Crippen LogP contribution in [-0.4, -0.2) is 21.5 Å². The number of fused-ring (bicyclic) bond motifs is 2. The van der Waals surface area contributed by atoms with Gasteiger partial charge >= 0.3 is 5.69 Å². The first-order valence-electron chi connectivity index (χ1n) is 8.12. The molecule has 1 amide bonds. The molecule has 0 saturated heterocycles. The summed E-state index contributed by atoms with van der Waals surface area (Å²) in [6, 6.07) is 1.49. The predicted molar refractivity (Wildman–Crippen MR) is 82.5 cm³/mol. The van der Waals surface area contributed by atoms with Gasteiger partial charge in [-0.1, -0.05) is 6.42 Å². The van der Waals surface area contributed by atoms with Gasteiger partial charge in [-0.2, -0.15) is 0 Å². The molecule has 2 saturated carbocycles. The molecular formula is C16H23N3O3. The van der Waals surface area contributed by atoms with Gasteiger partial charge in [-0.05, 0) is 43.9 Å². The zero-order valence-corrected chi connectivity index (χ0v) is 12.9. The number of amides is 1. The highest BCUT2D eigenvalue weighted by Crippen LogP contribution is 2.49. The van der Waals surface area contributed by atoms with E-state index in [1.54, 1.807) is 0 Å². The molecule has 1 heterocycles. The highest BCUT2D eigenvalue weighted by Gasteiger charge is 2.42. The van der Waals surface area contributed by atoms with Crippen LogP contribution < -0.4 is 16.6 Å². The third-order valence-electron chi connectivity index (χ3n) is 5.30. The van der Waals surface area contributed by atoms with E-state index >= 15 is 0 Å². The molecule has 6 heteroatoms. The van der Waals surface area contributed by atoms with E-state index in [1.165, 1.54) is 42.5 Å². The first kappa shape index (κ1) is 15.1. The number of hydrogen-bond acceptors (Lipinski definition) is 3. The van der Waals surface area contributed by atoms with Gasteiger partial charge in [-0.25, -0.2) is 4.79 Å². The van der Waals surface area contributed by atoms with Gasteiger partial charge in [0.1, 0.15) is 0 Å². The van der Waals surface area contributed by atoms with Crippen LogP contribution in [0.3, 0.4) is 0 Å². The number of carbonyl (C=O) groups excluding carboxylic acids is 1. The van der Waals surface area contributed by atoms with Crippen LogP contribution in [0.2, 0.25) is 0 Å². The Morgan fingerprint density at radius 3 is 2.86 bits per heavy atom. The van der Waals surface area contributed by atoms with E-state index < -0.39 is 11.2 Å². The fourth-order valence-electron chi connectivity index (χ4n) is 4.18. The van der Waals surface area contributed by atoms with Gasteiger partial charge in [0.2, 0.25) is 5.91 Å². The van der Waals surface area contributed by atoms with Crippen LogP contribution in [0.15, 0.2) is 21.9 Å². The molecule has 0 radical (unpaired) electrons. The van der Waals surface area contributed by atoms with Crippen LogP contribution in [0.25, 0.3) is 0 Å². The molecule has 0 aromatic carbocycles. The van der Waals surface area contributed by atoms with Gasteiger partial charge < -0.3 is 9.88 Å². The van der Waals surface area contributed by atoms with Crippen molar-refractivity contribution in [3.05, 3.63) is 33.1 Å². The summed E-state index contributed by atoms with van der Waals surface area (Å²) < 4.78 is 1.35. The number of nitrogens with one attached hydrogen (secondary N) is 2. The number of aromatic nitrogens is 2. The van der Waals surface area contributed by atoms with E-state index in [-0.39, 0.29) is 24.9 Å². The standard InChI is InChI=1S/C16H23N3O3/c1-10(13-9-11-2-3-12(13)8-11)17-14(20)4-6-19-7-5-15(21)18-16(19)22/h5,7,10-13H,2-4,6,8-9H2,1H3,(H,17,20)(H,18,21,22). The molecule has 3 rings (SSSR count). The fraction of sp³-hybridized carbons (Fsp3) is 0.688.